The van der Waals surface area contributed by atoms with Crippen molar-refractivity contribution in [1.82, 2.24) is 10.3 Å². The van der Waals surface area contributed by atoms with Crippen LogP contribution in [0.2, 0.25) is 5.02 Å². The van der Waals surface area contributed by atoms with Gasteiger partial charge in [0.2, 0.25) is 0 Å². The van der Waals surface area contributed by atoms with Crippen molar-refractivity contribution in [2.45, 2.75) is 0 Å². The van der Waals surface area contributed by atoms with Crippen LogP contribution in [0.4, 0.5) is 0 Å². The van der Waals surface area contributed by atoms with Gasteiger partial charge in [0.15, 0.2) is 0 Å². The number of aromatic nitrogens is 1. The second kappa shape index (κ2) is 6.76. The Hall–Kier alpha value is -2.53. The Balaban J connectivity index is 2.10. The van der Waals surface area contributed by atoms with Gasteiger partial charge in [0.1, 0.15) is 18.0 Å². The smallest absolute Gasteiger partial charge is 0.322 e. The first-order valence-electron chi connectivity index (χ1n) is 6.08. The molecule has 0 saturated heterocycles. The normalized spacial score (nSPS) is 9.95. The number of halogens is 1. The van der Waals surface area contributed by atoms with Gasteiger partial charge in [-0.25, -0.2) is 0 Å². The van der Waals surface area contributed by atoms with Gasteiger partial charge in [-0.15, -0.1) is 0 Å². The molecule has 0 unspecified atom stereocenters. The number of pyridine rings is 1. The van der Waals surface area contributed by atoms with Crippen LogP contribution in [0.1, 0.15) is 5.56 Å². The maximum Gasteiger partial charge on any atom is 0.322 e. The highest BCUT2D eigenvalue weighted by Gasteiger charge is 2.07. The van der Waals surface area contributed by atoms with Crippen molar-refractivity contribution in [3.05, 3.63) is 59.9 Å². The summed E-state index contributed by atoms with van der Waals surface area (Å²) in [4.78, 5) is 14.4. The standard InChI is InChI=1S/C15H13ClN2O3/c1-10(18-9-15(19)20)11-2-3-14(13(16)8-11)21-12-4-6-17-7-5-12/h2-8,18H,1,9H2,(H,19,20). The SMILES string of the molecule is C=C(NCC(=O)O)c1ccc(Oc2ccncc2)c(Cl)c1. The molecule has 2 N–H and O–H groups in total. The average Bonchev–Trinajstić information content (AvgIpc) is 2.48. The molecule has 1 aromatic carbocycles. The third-order valence-electron chi connectivity index (χ3n) is 2.61. The molecule has 1 aromatic heterocycles. The number of nitrogens with one attached hydrogen (secondary N) is 1. The van der Waals surface area contributed by atoms with E-state index in [1.54, 1.807) is 42.7 Å². The molecule has 2 rings (SSSR count). The lowest BCUT2D eigenvalue weighted by atomic mass is 10.1. The molecular formula is C15H13ClN2O3. The maximum atomic E-state index is 10.5. The van der Waals surface area contributed by atoms with Crippen molar-refractivity contribution in [3.63, 3.8) is 0 Å². The van der Waals surface area contributed by atoms with E-state index in [1.807, 2.05) is 0 Å². The van der Waals surface area contributed by atoms with E-state index >= 15 is 0 Å². The van der Waals surface area contributed by atoms with Crippen LogP contribution in [-0.4, -0.2) is 22.6 Å². The molecule has 6 heteroatoms. The summed E-state index contributed by atoms with van der Waals surface area (Å²) in [7, 11) is 0. The topological polar surface area (TPSA) is 71.5 Å². The van der Waals surface area contributed by atoms with E-state index < -0.39 is 5.97 Å². The molecule has 21 heavy (non-hydrogen) atoms. The first kappa shape index (κ1) is 14.9. The number of benzene rings is 1. The fourth-order valence-corrected chi connectivity index (χ4v) is 1.81. The first-order chi connectivity index (χ1) is 10.1. The maximum absolute atomic E-state index is 10.5. The molecule has 0 aliphatic carbocycles. The zero-order valence-corrected chi connectivity index (χ0v) is 11.8. The molecule has 5 nitrogen and oxygen atoms in total. The Bertz CT molecular complexity index is 659. The fraction of sp³-hybridized carbons (Fsp3) is 0.0667. The van der Waals surface area contributed by atoms with E-state index in [2.05, 4.69) is 16.9 Å². The highest BCUT2D eigenvalue weighted by molar-refractivity contribution is 6.32. The number of carboxylic acids is 1. The van der Waals surface area contributed by atoms with Crippen molar-refractivity contribution >= 4 is 23.3 Å². The third kappa shape index (κ3) is 4.22. The van der Waals surface area contributed by atoms with Crippen LogP contribution in [0, 0.1) is 0 Å². The minimum absolute atomic E-state index is 0.203. The van der Waals surface area contributed by atoms with Gasteiger partial charge in [0, 0.05) is 18.1 Å². The van der Waals surface area contributed by atoms with Crippen LogP contribution in [-0.2, 0) is 4.79 Å². The van der Waals surface area contributed by atoms with Crippen molar-refractivity contribution < 1.29 is 14.6 Å². The molecule has 2 aromatic rings. The van der Waals surface area contributed by atoms with Gasteiger partial charge in [-0.2, -0.15) is 0 Å². The molecule has 108 valence electrons. The summed E-state index contributed by atoms with van der Waals surface area (Å²) < 4.78 is 5.63. The van der Waals surface area contributed by atoms with Crippen molar-refractivity contribution in [3.8, 4) is 11.5 Å². The highest BCUT2D eigenvalue weighted by atomic mass is 35.5. The predicted molar refractivity (Wildman–Crippen MR) is 80.4 cm³/mol. The summed E-state index contributed by atoms with van der Waals surface area (Å²) in [6.45, 7) is 3.57. The Labute approximate surface area is 126 Å². The summed E-state index contributed by atoms with van der Waals surface area (Å²) in [5, 5.41) is 11.7. The van der Waals surface area contributed by atoms with Gasteiger partial charge in [0.05, 0.1) is 5.02 Å². The second-order valence-electron chi connectivity index (χ2n) is 4.16. The second-order valence-corrected chi connectivity index (χ2v) is 4.56. The van der Waals surface area contributed by atoms with Gasteiger partial charge in [-0.3, -0.25) is 9.78 Å². The molecule has 0 atom stereocenters. The average molecular weight is 305 g/mol. The van der Waals surface area contributed by atoms with Crippen molar-refractivity contribution in [2.24, 2.45) is 0 Å². The van der Waals surface area contributed by atoms with Gasteiger partial charge >= 0.3 is 5.97 Å². The van der Waals surface area contributed by atoms with Crippen LogP contribution in [0.5, 0.6) is 11.5 Å². The van der Waals surface area contributed by atoms with Gasteiger partial charge in [0.25, 0.3) is 0 Å². The molecule has 0 aliphatic heterocycles. The number of ether oxygens (including phenoxy) is 1. The largest absolute Gasteiger partial charge is 0.480 e. The fourth-order valence-electron chi connectivity index (χ4n) is 1.59. The Morgan fingerprint density at radius 2 is 2.05 bits per heavy atom. The summed E-state index contributed by atoms with van der Waals surface area (Å²) >= 11 is 6.16. The Kier molecular flexibility index (Phi) is 4.79. The van der Waals surface area contributed by atoms with E-state index in [0.29, 0.717) is 27.8 Å². The molecule has 1 heterocycles. The molecule has 0 aliphatic rings. The lowest BCUT2D eigenvalue weighted by Gasteiger charge is -2.11. The van der Waals surface area contributed by atoms with Crippen LogP contribution in [0.3, 0.4) is 0 Å². The lowest BCUT2D eigenvalue weighted by Crippen LogP contribution is -2.20. The molecule has 0 amide bonds. The van der Waals surface area contributed by atoms with Crippen molar-refractivity contribution in [2.75, 3.05) is 6.54 Å². The number of rotatable bonds is 6. The number of carboxylic acid groups (broad SMARTS) is 1. The number of nitrogens with zero attached hydrogens (tertiary/aromatic N) is 1. The van der Waals surface area contributed by atoms with Gasteiger partial charge < -0.3 is 15.2 Å². The number of carbonyl (C=O) groups is 1. The number of hydrogen-bond acceptors (Lipinski definition) is 4. The van der Waals surface area contributed by atoms with E-state index in [4.69, 9.17) is 21.4 Å². The summed E-state index contributed by atoms with van der Waals surface area (Å²) in [6.07, 6.45) is 3.24. The predicted octanol–water partition coefficient (Wildman–Crippen LogP) is 3.17. The van der Waals surface area contributed by atoms with Crippen LogP contribution < -0.4 is 10.1 Å². The van der Waals surface area contributed by atoms with Gasteiger partial charge in [-0.05, 0) is 35.9 Å². The van der Waals surface area contributed by atoms with Gasteiger partial charge in [-0.1, -0.05) is 18.2 Å². The number of aliphatic carboxylic acids is 1. The Morgan fingerprint density at radius 3 is 2.67 bits per heavy atom. The quantitative estimate of drug-likeness (QED) is 0.857. The zero-order valence-electron chi connectivity index (χ0n) is 11.0. The number of hydrogen-bond donors (Lipinski definition) is 2. The molecule has 0 radical (unpaired) electrons. The molecule has 0 fully saturated rings. The van der Waals surface area contributed by atoms with Crippen LogP contribution >= 0.6 is 11.6 Å². The van der Waals surface area contributed by atoms with E-state index in [1.165, 1.54) is 0 Å². The third-order valence-corrected chi connectivity index (χ3v) is 2.91. The van der Waals surface area contributed by atoms with E-state index in [-0.39, 0.29) is 6.54 Å². The molecule has 0 saturated carbocycles. The first-order valence-corrected chi connectivity index (χ1v) is 6.46. The highest BCUT2D eigenvalue weighted by Crippen LogP contribution is 2.31. The zero-order chi connectivity index (χ0) is 15.2. The Morgan fingerprint density at radius 1 is 1.33 bits per heavy atom. The molecular weight excluding hydrogens is 292 g/mol. The van der Waals surface area contributed by atoms with Crippen molar-refractivity contribution in [1.29, 1.82) is 0 Å². The molecule has 0 bridgehead atoms. The summed E-state index contributed by atoms with van der Waals surface area (Å²) in [6, 6.07) is 8.55. The summed E-state index contributed by atoms with van der Waals surface area (Å²) in [5.74, 6) is 0.167. The van der Waals surface area contributed by atoms with E-state index in [0.717, 1.165) is 0 Å². The van der Waals surface area contributed by atoms with Crippen LogP contribution in [0.25, 0.3) is 5.70 Å². The lowest BCUT2D eigenvalue weighted by molar-refractivity contribution is -0.135. The minimum atomic E-state index is -0.958. The monoisotopic (exact) mass is 304 g/mol. The minimum Gasteiger partial charge on any atom is -0.480 e. The van der Waals surface area contributed by atoms with Crippen LogP contribution in [0.15, 0.2) is 49.3 Å². The summed E-state index contributed by atoms with van der Waals surface area (Å²) in [5.41, 5.74) is 1.18. The molecule has 0 spiro atoms. The van der Waals surface area contributed by atoms with E-state index in [9.17, 15) is 4.79 Å².